The minimum absolute atomic E-state index is 0.124. The molecule has 2 N–H and O–H groups in total. The molecule has 7 nitrogen and oxygen atoms in total. The molecule has 2 heterocycles. The molecular weight excluding hydrogens is 272 g/mol. The molecular formula is C11H10N2O5S. The van der Waals surface area contributed by atoms with E-state index in [1.807, 2.05) is 6.92 Å². The van der Waals surface area contributed by atoms with Crippen molar-refractivity contribution in [2.45, 2.75) is 12.0 Å². The predicted molar refractivity (Wildman–Crippen MR) is 65.4 cm³/mol. The summed E-state index contributed by atoms with van der Waals surface area (Å²) in [5.74, 6) is -1.66. The van der Waals surface area contributed by atoms with E-state index in [4.69, 9.17) is 9.52 Å². The van der Waals surface area contributed by atoms with Gasteiger partial charge >= 0.3 is 5.97 Å². The molecule has 0 aliphatic rings. The average Bonchev–Trinajstić information content (AvgIpc) is 2.82. The molecule has 0 radical (unpaired) electrons. The molecule has 0 spiro atoms. The molecule has 2 aromatic rings. The van der Waals surface area contributed by atoms with Crippen LogP contribution in [0, 0.1) is 6.92 Å². The van der Waals surface area contributed by atoms with Gasteiger partial charge in [-0.2, -0.15) is 8.42 Å². The second-order valence-corrected chi connectivity index (χ2v) is 5.36. The fraction of sp³-hybridized carbons (Fsp3) is 0.0909. The lowest BCUT2D eigenvalue weighted by Crippen LogP contribution is -2.13. The molecule has 0 aromatic carbocycles. The average molecular weight is 282 g/mol. The topological polar surface area (TPSA) is 110 Å². The van der Waals surface area contributed by atoms with E-state index in [0.717, 1.165) is 17.7 Å². The van der Waals surface area contributed by atoms with E-state index >= 15 is 0 Å². The number of aryl methyl sites for hydroxylation is 1. The number of nitrogens with zero attached hydrogens (tertiary/aromatic N) is 1. The van der Waals surface area contributed by atoms with Crippen LogP contribution in [0.25, 0.3) is 0 Å². The molecule has 2 rings (SSSR count). The van der Waals surface area contributed by atoms with Crippen molar-refractivity contribution < 1.29 is 22.7 Å². The summed E-state index contributed by atoms with van der Waals surface area (Å²) in [6.45, 7) is 1.82. The van der Waals surface area contributed by atoms with Crippen molar-refractivity contribution in [1.29, 1.82) is 0 Å². The van der Waals surface area contributed by atoms with Crippen LogP contribution in [0.4, 0.5) is 5.82 Å². The number of carboxylic acids is 1. The molecule has 0 unspecified atom stereocenters. The lowest BCUT2D eigenvalue weighted by molar-refractivity contribution is 0.0656. The summed E-state index contributed by atoms with van der Waals surface area (Å²) < 4.78 is 30.7. The number of nitrogens with one attached hydrogen (secondary N) is 1. The highest BCUT2D eigenvalue weighted by Gasteiger charge is 2.21. The van der Waals surface area contributed by atoms with Crippen LogP contribution in [-0.4, -0.2) is 24.5 Å². The number of hydrogen-bond donors (Lipinski definition) is 2. The Morgan fingerprint density at radius 2 is 2.05 bits per heavy atom. The third-order valence-electron chi connectivity index (χ3n) is 2.21. The number of rotatable bonds is 4. The molecule has 0 fully saturated rings. The summed E-state index contributed by atoms with van der Waals surface area (Å²) in [4.78, 5) is 14.5. The Labute approximate surface area is 108 Å². The van der Waals surface area contributed by atoms with Gasteiger partial charge in [-0.25, -0.2) is 9.78 Å². The minimum Gasteiger partial charge on any atom is -0.475 e. The maximum atomic E-state index is 11.9. The summed E-state index contributed by atoms with van der Waals surface area (Å²) in [6, 6.07) is 5.32. The van der Waals surface area contributed by atoms with Gasteiger partial charge in [0.1, 0.15) is 5.82 Å². The van der Waals surface area contributed by atoms with E-state index in [1.165, 1.54) is 12.3 Å². The van der Waals surface area contributed by atoms with Crippen molar-refractivity contribution in [2.24, 2.45) is 0 Å². The van der Waals surface area contributed by atoms with Crippen molar-refractivity contribution in [1.82, 2.24) is 4.98 Å². The van der Waals surface area contributed by atoms with Gasteiger partial charge < -0.3 is 9.52 Å². The number of hydrogen-bond acceptors (Lipinski definition) is 5. The van der Waals surface area contributed by atoms with Gasteiger partial charge in [0.15, 0.2) is 0 Å². The fourth-order valence-electron chi connectivity index (χ4n) is 1.30. The highest BCUT2D eigenvalue weighted by molar-refractivity contribution is 7.92. The molecule has 19 heavy (non-hydrogen) atoms. The first-order valence-corrected chi connectivity index (χ1v) is 6.65. The van der Waals surface area contributed by atoms with Gasteiger partial charge in [-0.15, -0.1) is 0 Å². The largest absolute Gasteiger partial charge is 0.475 e. The quantitative estimate of drug-likeness (QED) is 0.879. The van der Waals surface area contributed by atoms with Gasteiger partial charge in [0.2, 0.25) is 10.9 Å². The van der Waals surface area contributed by atoms with Crippen LogP contribution in [-0.2, 0) is 10.0 Å². The van der Waals surface area contributed by atoms with Crippen molar-refractivity contribution in [2.75, 3.05) is 4.72 Å². The van der Waals surface area contributed by atoms with Crippen LogP contribution in [0.2, 0.25) is 0 Å². The SMILES string of the molecule is Cc1ccc(NS(=O)(=O)c2ccc(C(=O)O)o2)nc1. The highest BCUT2D eigenvalue weighted by Crippen LogP contribution is 2.17. The maximum Gasteiger partial charge on any atom is 0.371 e. The first kappa shape index (κ1) is 13.1. The zero-order valence-electron chi connectivity index (χ0n) is 9.82. The normalized spacial score (nSPS) is 11.2. The van der Waals surface area contributed by atoms with Crippen LogP contribution < -0.4 is 4.72 Å². The Kier molecular flexibility index (Phi) is 3.26. The number of furan rings is 1. The number of anilines is 1. The van der Waals surface area contributed by atoms with E-state index < -0.39 is 26.8 Å². The lowest BCUT2D eigenvalue weighted by Gasteiger charge is -2.04. The molecule has 0 bridgehead atoms. The van der Waals surface area contributed by atoms with Crippen molar-refractivity contribution in [3.05, 3.63) is 41.8 Å². The summed E-state index contributed by atoms with van der Waals surface area (Å²) in [5.41, 5.74) is 0.883. The van der Waals surface area contributed by atoms with Gasteiger partial charge in [-0.1, -0.05) is 6.07 Å². The summed E-state index contributed by atoms with van der Waals surface area (Å²) in [5, 5.41) is 8.18. The molecule has 8 heteroatoms. The van der Waals surface area contributed by atoms with Crippen molar-refractivity contribution >= 4 is 21.8 Å². The summed E-state index contributed by atoms with van der Waals surface area (Å²) in [7, 11) is -3.98. The second kappa shape index (κ2) is 4.73. The van der Waals surface area contributed by atoms with Crippen LogP contribution in [0.15, 0.2) is 40.0 Å². The molecule has 0 aliphatic carbocycles. The molecule has 100 valence electrons. The Balaban J connectivity index is 2.26. The molecule has 0 aliphatic heterocycles. The van der Waals surface area contributed by atoms with E-state index in [2.05, 4.69) is 9.71 Å². The fourth-order valence-corrected chi connectivity index (χ4v) is 2.24. The Morgan fingerprint density at radius 1 is 1.32 bits per heavy atom. The van der Waals surface area contributed by atoms with Gasteiger partial charge in [0.25, 0.3) is 10.0 Å². The first-order chi connectivity index (χ1) is 8.88. The van der Waals surface area contributed by atoms with Crippen LogP contribution >= 0.6 is 0 Å². The van der Waals surface area contributed by atoms with Gasteiger partial charge in [-0.05, 0) is 30.7 Å². The number of aromatic carboxylic acids is 1. The number of pyridine rings is 1. The van der Waals surface area contributed by atoms with Gasteiger partial charge in [0.05, 0.1) is 0 Å². The first-order valence-electron chi connectivity index (χ1n) is 5.17. The van der Waals surface area contributed by atoms with Crippen molar-refractivity contribution in [3.63, 3.8) is 0 Å². The molecule has 2 aromatic heterocycles. The van der Waals surface area contributed by atoms with Crippen molar-refractivity contribution in [3.8, 4) is 0 Å². The van der Waals surface area contributed by atoms with E-state index in [0.29, 0.717) is 0 Å². The van der Waals surface area contributed by atoms with E-state index in [1.54, 1.807) is 6.07 Å². The van der Waals surface area contributed by atoms with Crippen LogP contribution in [0.1, 0.15) is 16.1 Å². The van der Waals surface area contributed by atoms with Gasteiger partial charge in [0, 0.05) is 6.20 Å². The highest BCUT2D eigenvalue weighted by atomic mass is 32.2. The number of aromatic nitrogens is 1. The lowest BCUT2D eigenvalue weighted by atomic mass is 10.3. The zero-order chi connectivity index (χ0) is 14.0. The molecule has 0 amide bonds. The smallest absolute Gasteiger partial charge is 0.371 e. The third kappa shape index (κ3) is 2.91. The number of carbonyl (C=O) groups is 1. The van der Waals surface area contributed by atoms with Crippen LogP contribution in [0.3, 0.4) is 0 Å². The Bertz CT molecular complexity index is 703. The van der Waals surface area contributed by atoms with E-state index in [-0.39, 0.29) is 5.82 Å². The molecule has 0 atom stereocenters. The van der Waals surface area contributed by atoms with Gasteiger partial charge in [-0.3, -0.25) is 4.72 Å². The summed E-state index contributed by atoms with van der Waals surface area (Å²) >= 11 is 0. The monoisotopic (exact) mass is 282 g/mol. The predicted octanol–water partition coefficient (Wildman–Crippen LogP) is 1.48. The zero-order valence-corrected chi connectivity index (χ0v) is 10.6. The second-order valence-electron chi connectivity index (χ2n) is 3.75. The number of sulfonamides is 1. The third-order valence-corrected chi connectivity index (χ3v) is 3.43. The standard InChI is InChI=1S/C11H10N2O5S/c1-7-2-4-9(12-6-7)13-19(16,17)10-5-3-8(18-10)11(14)15/h2-6H,1H3,(H,12,13)(H,14,15). The number of carboxylic acid groups (broad SMARTS) is 1. The Morgan fingerprint density at radius 3 is 2.58 bits per heavy atom. The summed E-state index contributed by atoms with van der Waals surface area (Å²) in [6.07, 6.45) is 1.50. The maximum absolute atomic E-state index is 11.9. The Hall–Kier alpha value is -2.35. The molecule has 0 saturated heterocycles. The minimum atomic E-state index is -3.98. The molecule has 0 saturated carbocycles. The van der Waals surface area contributed by atoms with E-state index in [9.17, 15) is 13.2 Å². The van der Waals surface area contributed by atoms with Crippen LogP contribution in [0.5, 0.6) is 0 Å².